The van der Waals surface area contributed by atoms with E-state index in [0.29, 0.717) is 29.2 Å². The summed E-state index contributed by atoms with van der Waals surface area (Å²) >= 11 is 0. The number of imidazole rings is 1. The van der Waals surface area contributed by atoms with Crippen molar-refractivity contribution in [3.63, 3.8) is 0 Å². The Labute approximate surface area is 207 Å². The highest BCUT2D eigenvalue weighted by Gasteiger charge is 2.24. The summed E-state index contributed by atoms with van der Waals surface area (Å²) < 4.78 is 12.9. The van der Waals surface area contributed by atoms with Gasteiger partial charge in [-0.2, -0.15) is 10.2 Å². The predicted molar refractivity (Wildman–Crippen MR) is 134 cm³/mol. The largest absolute Gasteiger partial charge is 0.494 e. The first-order valence-corrected chi connectivity index (χ1v) is 11.4. The molecule has 0 bridgehead atoms. The van der Waals surface area contributed by atoms with Crippen LogP contribution in [0.2, 0.25) is 0 Å². The van der Waals surface area contributed by atoms with Crippen molar-refractivity contribution in [3.8, 4) is 34.9 Å². The number of para-hydroxylation sites is 1. The molecule has 5 aromatic rings. The van der Waals surface area contributed by atoms with Crippen LogP contribution in [0.25, 0.3) is 28.2 Å². The van der Waals surface area contributed by atoms with Gasteiger partial charge in [0.25, 0.3) is 0 Å². The molecule has 0 unspecified atom stereocenters. The Morgan fingerprint density at radius 3 is 2.36 bits per heavy atom. The molecule has 0 saturated carbocycles. The van der Waals surface area contributed by atoms with Crippen LogP contribution in [0.5, 0.6) is 11.8 Å². The summed E-state index contributed by atoms with van der Waals surface area (Å²) in [6.45, 7) is 4.41. The smallest absolute Gasteiger partial charge is 0.345 e. The number of aromatic nitrogens is 4. The number of nitriles is 1. The zero-order valence-corrected chi connectivity index (χ0v) is 19.7. The topological polar surface area (TPSA) is 103 Å². The summed E-state index contributed by atoms with van der Waals surface area (Å²) in [4.78, 5) is 26.6. The van der Waals surface area contributed by atoms with Crippen molar-refractivity contribution >= 4 is 17.1 Å². The Balaban J connectivity index is 1.71. The van der Waals surface area contributed by atoms with Gasteiger partial charge < -0.3 is 9.47 Å². The van der Waals surface area contributed by atoms with Crippen molar-refractivity contribution < 1.29 is 14.3 Å². The molecule has 0 radical (unpaired) electrons. The monoisotopic (exact) mass is 475 g/mol. The summed E-state index contributed by atoms with van der Waals surface area (Å²) in [6, 6.07) is 25.7. The van der Waals surface area contributed by atoms with Crippen LogP contribution >= 0.6 is 0 Å². The second-order valence-electron chi connectivity index (χ2n) is 7.91. The van der Waals surface area contributed by atoms with E-state index >= 15 is 0 Å². The number of fused-ring (bicyclic) bond motifs is 1. The third kappa shape index (κ3) is 4.26. The minimum absolute atomic E-state index is 0.00259. The number of hydrogen-bond donors (Lipinski definition) is 0. The van der Waals surface area contributed by atoms with Crippen LogP contribution in [0.4, 0.5) is 0 Å². The molecule has 0 amide bonds. The number of ether oxygens (including phenoxy) is 2. The maximum absolute atomic E-state index is 12.9. The van der Waals surface area contributed by atoms with Crippen LogP contribution in [-0.4, -0.2) is 32.1 Å². The summed E-state index contributed by atoms with van der Waals surface area (Å²) in [6.07, 6.45) is 0. The molecular formula is C28H21N5O3. The van der Waals surface area contributed by atoms with Gasteiger partial charge in [-0.15, -0.1) is 0 Å². The van der Waals surface area contributed by atoms with E-state index in [-0.39, 0.29) is 17.2 Å². The average molecular weight is 476 g/mol. The van der Waals surface area contributed by atoms with E-state index in [2.05, 4.69) is 16.0 Å². The first-order chi connectivity index (χ1) is 17.6. The first kappa shape index (κ1) is 22.7. The van der Waals surface area contributed by atoms with Crippen molar-refractivity contribution in [3.05, 3.63) is 95.7 Å². The molecule has 0 aliphatic carbocycles. The summed E-state index contributed by atoms with van der Waals surface area (Å²) in [5.74, 6) is 0.500. The maximum atomic E-state index is 12.9. The van der Waals surface area contributed by atoms with E-state index in [0.717, 1.165) is 17.0 Å². The van der Waals surface area contributed by atoms with Gasteiger partial charge in [-0.3, -0.25) is 0 Å². The number of aryl methyl sites for hydroxylation is 1. The van der Waals surface area contributed by atoms with E-state index in [1.807, 2.05) is 68.4 Å². The summed E-state index contributed by atoms with van der Waals surface area (Å²) in [5.41, 5.74) is 3.39. The normalized spacial score (nSPS) is 10.7. The van der Waals surface area contributed by atoms with E-state index < -0.39 is 5.97 Å². The van der Waals surface area contributed by atoms with Gasteiger partial charge in [0.1, 0.15) is 17.3 Å². The highest BCUT2D eigenvalue weighted by molar-refractivity contribution is 5.91. The number of carbonyl (C=O) groups is 1. The fourth-order valence-electron chi connectivity index (χ4n) is 3.83. The van der Waals surface area contributed by atoms with Crippen molar-refractivity contribution in [2.75, 3.05) is 6.61 Å². The number of benzene rings is 3. The standard InChI is InChI=1S/C28H21N5O3/c1-3-35-21-15-13-19(14-16-21)25-30-22(17-29)24-26(32-25)33(23-12-8-7-9-18(23)2)28(31-24)36-27(34)20-10-5-4-6-11-20/h4-16H,3H2,1-2H3. The van der Waals surface area contributed by atoms with Gasteiger partial charge in [0.05, 0.1) is 17.9 Å². The molecule has 0 N–H and O–H groups in total. The van der Waals surface area contributed by atoms with Crippen LogP contribution in [0.15, 0.2) is 78.9 Å². The Kier molecular flexibility index (Phi) is 6.12. The lowest BCUT2D eigenvalue weighted by Crippen LogP contribution is -2.12. The van der Waals surface area contributed by atoms with E-state index in [1.54, 1.807) is 28.8 Å². The van der Waals surface area contributed by atoms with Crippen molar-refractivity contribution in [2.45, 2.75) is 13.8 Å². The zero-order valence-electron chi connectivity index (χ0n) is 19.7. The third-order valence-electron chi connectivity index (χ3n) is 5.56. The van der Waals surface area contributed by atoms with Gasteiger partial charge in [-0.25, -0.2) is 19.3 Å². The average Bonchev–Trinajstić information content (AvgIpc) is 3.27. The van der Waals surface area contributed by atoms with Gasteiger partial charge in [0, 0.05) is 5.56 Å². The molecule has 8 nitrogen and oxygen atoms in total. The molecule has 2 aromatic heterocycles. The molecule has 0 atom stereocenters. The molecule has 3 aromatic carbocycles. The van der Waals surface area contributed by atoms with Crippen LogP contribution in [-0.2, 0) is 0 Å². The highest BCUT2D eigenvalue weighted by atomic mass is 16.6. The van der Waals surface area contributed by atoms with Crippen molar-refractivity contribution in [2.24, 2.45) is 0 Å². The maximum Gasteiger partial charge on any atom is 0.345 e. The number of carbonyl (C=O) groups excluding carboxylic acids is 1. The zero-order chi connectivity index (χ0) is 25.1. The van der Waals surface area contributed by atoms with E-state index in [1.165, 1.54) is 0 Å². The van der Waals surface area contributed by atoms with Gasteiger partial charge >= 0.3 is 12.0 Å². The predicted octanol–water partition coefficient (Wildman–Crippen LogP) is 5.28. The number of hydrogen-bond acceptors (Lipinski definition) is 7. The fourth-order valence-corrected chi connectivity index (χ4v) is 3.83. The minimum Gasteiger partial charge on any atom is -0.494 e. The Morgan fingerprint density at radius 1 is 0.944 bits per heavy atom. The second-order valence-corrected chi connectivity index (χ2v) is 7.91. The van der Waals surface area contributed by atoms with Crippen LogP contribution < -0.4 is 9.47 Å². The van der Waals surface area contributed by atoms with Gasteiger partial charge in [0.15, 0.2) is 17.2 Å². The molecular weight excluding hydrogens is 454 g/mol. The van der Waals surface area contributed by atoms with E-state index in [4.69, 9.17) is 14.5 Å². The molecule has 8 heteroatoms. The van der Waals surface area contributed by atoms with Crippen molar-refractivity contribution in [1.29, 1.82) is 5.26 Å². The molecule has 0 fully saturated rings. The fraction of sp³-hybridized carbons (Fsp3) is 0.107. The van der Waals surface area contributed by atoms with Gasteiger partial charge in [-0.05, 0) is 61.9 Å². The van der Waals surface area contributed by atoms with Crippen molar-refractivity contribution in [1.82, 2.24) is 19.5 Å². The molecule has 0 spiro atoms. The molecule has 0 saturated heterocycles. The summed E-state index contributed by atoms with van der Waals surface area (Å²) in [5, 5.41) is 9.89. The van der Waals surface area contributed by atoms with Crippen LogP contribution in [0.3, 0.4) is 0 Å². The SMILES string of the molecule is CCOc1ccc(-c2nc(C#N)c3nc(OC(=O)c4ccccc4)n(-c4ccccc4C)c3n2)cc1. The molecule has 36 heavy (non-hydrogen) atoms. The Hall–Kier alpha value is -5.03. The number of nitrogens with zero attached hydrogens (tertiary/aromatic N) is 5. The highest BCUT2D eigenvalue weighted by Crippen LogP contribution is 2.31. The van der Waals surface area contributed by atoms with Crippen LogP contribution in [0, 0.1) is 18.3 Å². The summed E-state index contributed by atoms with van der Waals surface area (Å²) in [7, 11) is 0. The lowest BCUT2D eigenvalue weighted by Gasteiger charge is -2.11. The van der Waals surface area contributed by atoms with Gasteiger partial charge in [-0.1, -0.05) is 36.4 Å². The molecule has 2 heterocycles. The lowest BCUT2D eigenvalue weighted by atomic mass is 10.2. The molecule has 176 valence electrons. The number of rotatable bonds is 6. The number of esters is 1. The first-order valence-electron chi connectivity index (χ1n) is 11.4. The molecule has 0 aliphatic heterocycles. The van der Waals surface area contributed by atoms with E-state index in [9.17, 15) is 10.1 Å². The second kappa shape index (κ2) is 9.68. The minimum atomic E-state index is -0.570. The molecule has 5 rings (SSSR count). The molecule has 0 aliphatic rings. The lowest BCUT2D eigenvalue weighted by molar-refractivity contribution is 0.0717. The third-order valence-corrected chi connectivity index (χ3v) is 5.56. The Bertz CT molecular complexity index is 1600. The van der Waals surface area contributed by atoms with Crippen LogP contribution in [0.1, 0.15) is 28.5 Å². The van der Waals surface area contributed by atoms with Gasteiger partial charge in [0.2, 0.25) is 0 Å². The quantitative estimate of drug-likeness (QED) is 0.308. The Morgan fingerprint density at radius 2 is 1.67 bits per heavy atom.